The third-order valence-electron chi connectivity index (χ3n) is 4.65. The summed E-state index contributed by atoms with van der Waals surface area (Å²) in [6.07, 6.45) is 5.54. The molecule has 31 heavy (non-hydrogen) atoms. The number of hydrogen-bond acceptors (Lipinski definition) is 6. The highest BCUT2D eigenvalue weighted by Crippen LogP contribution is 2.32. The number of nitrogens with zero attached hydrogens (tertiary/aromatic N) is 3. The van der Waals surface area contributed by atoms with Crippen LogP contribution in [0.2, 0.25) is 0 Å². The van der Waals surface area contributed by atoms with Crippen LogP contribution in [0.4, 0.5) is 5.82 Å². The molecule has 0 unspecified atom stereocenters. The highest BCUT2D eigenvalue weighted by atomic mass is 32.1. The molecule has 0 fully saturated rings. The summed E-state index contributed by atoms with van der Waals surface area (Å²) in [5.74, 6) is 7.82. The minimum atomic E-state index is -0.562. The van der Waals surface area contributed by atoms with Crippen molar-refractivity contribution < 1.29 is 0 Å². The van der Waals surface area contributed by atoms with Gasteiger partial charge in [0.1, 0.15) is 11.3 Å². The van der Waals surface area contributed by atoms with Gasteiger partial charge in [-0.25, -0.2) is 9.97 Å². The minimum absolute atomic E-state index is 0.562. The molecule has 156 valence electrons. The molecular weight excluding hydrogens is 402 g/mol. The molecule has 0 aliphatic heterocycles. The second-order valence-corrected chi connectivity index (χ2v) is 8.83. The van der Waals surface area contributed by atoms with Gasteiger partial charge in [-0.2, -0.15) is 0 Å². The van der Waals surface area contributed by atoms with E-state index in [0.717, 1.165) is 46.5 Å². The lowest BCUT2D eigenvalue weighted by Gasteiger charge is -2.09. The average molecular weight is 428 g/mol. The zero-order valence-electron chi connectivity index (χ0n) is 17.7. The van der Waals surface area contributed by atoms with Gasteiger partial charge in [-0.05, 0) is 44.4 Å². The summed E-state index contributed by atoms with van der Waals surface area (Å²) < 4.78 is 1.01. The first kappa shape index (κ1) is 21.0. The molecule has 1 aromatic carbocycles. The van der Waals surface area contributed by atoms with E-state index in [4.69, 9.17) is 15.7 Å². The van der Waals surface area contributed by atoms with Crippen LogP contribution in [0.25, 0.3) is 21.6 Å². The first-order valence-electron chi connectivity index (χ1n) is 10.3. The van der Waals surface area contributed by atoms with E-state index in [1.54, 1.807) is 23.7 Å². The van der Waals surface area contributed by atoms with Crippen LogP contribution in [-0.4, -0.2) is 27.0 Å². The minimum Gasteiger partial charge on any atom is -0.369 e. The van der Waals surface area contributed by atoms with Crippen LogP contribution >= 0.6 is 11.3 Å². The Labute approximate surface area is 186 Å². The number of pyridine rings is 1. The second kappa shape index (κ2) is 9.25. The van der Waals surface area contributed by atoms with Crippen molar-refractivity contribution in [3.63, 3.8) is 0 Å². The highest BCUT2D eigenvalue weighted by Gasteiger charge is 2.14. The zero-order valence-corrected chi connectivity index (χ0v) is 18.5. The van der Waals surface area contributed by atoms with Crippen molar-refractivity contribution in [3.05, 3.63) is 71.4 Å². The van der Waals surface area contributed by atoms with Crippen molar-refractivity contribution >= 4 is 27.4 Å². The summed E-state index contributed by atoms with van der Waals surface area (Å²) in [5, 5.41) is 5.56. The lowest BCUT2D eigenvalue weighted by molar-refractivity contribution is 0.680. The van der Waals surface area contributed by atoms with Crippen LogP contribution in [0.5, 0.6) is 0 Å². The summed E-state index contributed by atoms with van der Waals surface area (Å²) in [4.78, 5) is 13.8. The lowest BCUT2D eigenvalue weighted by atomic mass is 10.1. The van der Waals surface area contributed by atoms with Gasteiger partial charge in [0.2, 0.25) is 0 Å². The number of nitrogens with two attached hydrogens (primary N) is 1. The molecule has 3 heterocycles. The van der Waals surface area contributed by atoms with Crippen molar-refractivity contribution in [2.24, 2.45) is 5.73 Å². The van der Waals surface area contributed by atoms with Gasteiger partial charge in [-0.1, -0.05) is 42.2 Å². The van der Waals surface area contributed by atoms with Crippen molar-refractivity contribution in [2.45, 2.75) is 32.2 Å². The van der Waals surface area contributed by atoms with Crippen molar-refractivity contribution in [1.29, 1.82) is 0 Å². The van der Waals surface area contributed by atoms with Gasteiger partial charge in [-0.15, -0.1) is 11.3 Å². The maximum atomic E-state index is 6.05. The van der Waals surface area contributed by atoms with E-state index in [9.17, 15) is 0 Å². The van der Waals surface area contributed by atoms with E-state index < -0.39 is 5.54 Å². The van der Waals surface area contributed by atoms with E-state index in [1.165, 1.54) is 5.56 Å². The highest BCUT2D eigenvalue weighted by molar-refractivity contribution is 7.18. The van der Waals surface area contributed by atoms with Crippen LogP contribution < -0.4 is 11.1 Å². The molecular formula is C25H25N5S. The van der Waals surface area contributed by atoms with E-state index in [2.05, 4.69) is 46.4 Å². The maximum Gasteiger partial charge on any atom is 0.162 e. The molecule has 0 saturated carbocycles. The standard InChI is InChI=1S/C25H25N5S/c1-25(2,26)13-10-20-17-31-22-21(20)29-23(19-11-15-27-16-12-19)30-24(22)28-14-6-9-18-7-4-3-5-8-18/h3-5,7-8,11-12,15-17H,6,9,14,26H2,1-2H3,(H,28,29,30). The predicted octanol–water partition coefficient (Wildman–Crippen LogP) is 4.89. The number of fused-ring (bicyclic) bond motifs is 1. The number of thiophene rings is 1. The third kappa shape index (κ3) is 5.46. The van der Waals surface area contributed by atoms with Gasteiger partial charge < -0.3 is 11.1 Å². The Balaban J connectivity index is 1.64. The molecule has 0 spiro atoms. The predicted molar refractivity (Wildman–Crippen MR) is 129 cm³/mol. The summed E-state index contributed by atoms with van der Waals surface area (Å²) in [7, 11) is 0. The number of benzene rings is 1. The van der Waals surface area contributed by atoms with Gasteiger partial charge in [0.15, 0.2) is 5.82 Å². The fourth-order valence-electron chi connectivity index (χ4n) is 3.13. The van der Waals surface area contributed by atoms with E-state index in [1.807, 2.05) is 37.4 Å². The Morgan fingerprint density at radius 1 is 1.06 bits per heavy atom. The SMILES string of the molecule is CC(C)(N)C#Cc1csc2c(NCCCc3ccccc3)nc(-c3ccncc3)nc12. The molecule has 3 aromatic heterocycles. The molecule has 0 aliphatic carbocycles. The van der Waals surface area contributed by atoms with Gasteiger partial charge in [0.05, 0.1) is 15.8 Å². The number of anilines is 1. The van der Waals surface area contributed by atoms with Crippen molar-refractivity contribution in [3.8, 4) is 23.2 Å². The van der Waals surface area contributed by atoms with Gasteiger partial charge in [0.25, 0.3) is 0 Å². The van der Waals surface area contributed by atoms with Crippen LogP contribution in [-0.2, 0) is 6.42 Å². The Kier molecular flexibility index (Phi) is 6.26. The number of hydrogen-bond donors (Lipinski definition) is 2. The molecule has 0 aliphatic rings. The Bertz CT molecular complexity index is 1220. The van der Waals surface area contributed by atoms with Gasteiger partial charge >= 0.3 is 0 Å². The molecule has 0 amide bonds. The lowest BCUT2D eigenvalue weighted by Crippen LogP contribution is -2.29. The summed E-state index contributed by atoms with van der Waals surface area (Å²) >= 11 is 1.61. The third-order valence-corrected chi connectivity index (χ3v) is 5.63. The maximum absolute atomic E-state index is 6.05. The smallest absolute Gasteiger partial charge is 0.162 e. The Morgan fingerprint density at radius 3 is 2.58 bits per heavy atom. The quantitative estimate of drug-likeness (QED) is 0.338. The first-order chi connectivity index (χ1) is 15.0. The summed E-state index contributed by atoms with van der Waals surface area (Å²) in [6.45, 7) is 4.61. The van der Waals surface area contributed by atoms with E-state index in [0.29, 0.717) is 5.82 Å². The Hall–Kier alpha value is -3.27. The molecule has 4 rings (SSSR count). The fourth-order valence-corrected chi connectivity index (χ4v) is 4.03. The van der Waals surface area contributed by atoms with Crippen molar-refractivity contribution in [1.82, 2.24) is 15.0 Å². The molecule has 0 bridgehead atoms. The molecule has 3 N–H and O–H groups in total. The van der Waals surface area contributed by atoms with Gasteiger partial charge in [0, 0.05) is 29.9 Å². The first-order valence-corrected chi connectivity index (χ1v) is 11.2. The van der Waals surface area contributed by atoms with Crippen LogP contribution in [0.1, 0.15) is 31.4 Å². The normalized spacial score (nSPS) is 11.2. The molecule has 6 heteroatoms. The second-order valence-electron chi connectivity index (χ2n) is 7.95. The number of nitrogens with one attached hydrogen (secondary N) is 1. The molecule has 4 aromatic rings. The molecule has 0 radical (unpaired) electrons. The zero-order chi connectivity index (χ0) is 21.7. The van der Waals surface area contributed by atoms with Gasteiger partial charge in [-0.3, -0.25) is 4.98 Å². The molecule has 0 atom stereocenters. The van der Waals surface area contributed by atoms with E-state index >= 15 is 0 Å². The topological polar surface area (TPSA) is 76.7 Å². The van der Waals surface area contributed by atoms with Crippen LogP contribution in [0.3, 0.4) is 0 Å². The largest absolute Gasteiger partial charge is 0.369 e. The fraction of sp³-hybridized carbons (Fsp3) is 0.240. The number of aromatic nitrogens is 3. The summed E-state index contributed by atoms with van der Waals surface area (Å²) in [6, 6.07) is 14.4. The number of rotatable bonds is 6. The molecule has 5 nitrogen and oxygen atoms in total. The molecule has 0 saturated heterocycles. The number of aryl methyl sites for hydroxylation is 1. The van der Waals surface area contributed by atoms with Crippen LogP contribution in [0.15, 0.2) is 60.2 Å². The Morgan fingerprint density at radius 2 is 1.84 bits per heavy atom. The summed E-state index contributed by atoms with van der Waals surface area (Å²) in [5.41, 5.74) is 9.49. The monoisotopic (exact) mass is 427 g/mol. The van der Waals surface area contributed by atoms with Crippen LogP contribution in [0, 0.1) is 11.8 Å². The average Bonchev–Trinajstić information content (AvgIpc) is 3.19. The van der Waals surface area contributed by atoms with E-state index in [-0.39, 0.29) is 0 Å². The van der Waals surface area contributed by atoms with Crippen molar-refractivity contribution in [2.75, 3.05) is 11.9 Å².